The smallest absolute Gasteiger partial charge is 0.326 e. The lowest BCUT2D eigenvalue weighted by Gasteiger charge is -2.03. The summed E-state index contributed by atoms with van der Waals surface area (Å²) in [6, 6.07) is 3.53. The maximum Gasteiger partial charge on any atom is 0.326 e. The second-order valence-corrected chi connectivity index (χ2v) is 4.15. The molecule has 7 heteroatoms. The highest BCUT2D eigenvalue weighted by atomic mass is 32.2. The summed E-state index contributed by atoms with van der Waals surface area (Å²) in [6.45, 7) is 0. The van der Waals surface area contributed by atoms with Crippen LogP contribution in [0.5, 0.6) is 5.75 Å². The first-order chi connectivity index (χ1) is 6.42. The van der Waals surface area contributed by atoms with Crippen LogP contribution in [0.3, 0.4) is 0 Å². The summed E-state index contributed by atoms with van der Waals surface area (Å²) in [5.41, 5.74) is 4.67. The quantitative estimate of drug-likeness (QED) is 0.633. The first-order valence-corrected chi connectivity index (χ1v) is 5.01. The fourth-order valence-corrected chi connectivity index (χ4v) is 1.69. The SMILES string of the molecule is NC(=O)NS(=O)(=O)c1ccc(O)cc1. The zero-order chi connectivity index (χ0) is 10.8. The molecule has 1 rings (SSSR count). The molecule has 6 nitrogen and oxygen atoms in total. The van der Waals surface area contributed by atoms with Crippen molar-refractivity contribution in [3.8, 4) is 5.75 Å². The number of phenolic OH excluding ortho intramolecular Hbond substituents is 1. The van der Waals surface area contributed by atoms with E-state index in [1.54, 1.807) is 4.72 Å². The van der Waals surface area contributed by atoms with E-state index >= 15 is 0 Å². The van der Waals surface area contributed by atoms with Crippen LogP contribution >= 0.6 is 0 Å². The number of hydrogen-bond acceptors (Lipinski definition) is 4. The molecule has 0 saturated carbocycles. The van der Waals surface area contributed by atoms with E-state index in [-0.39, 0.29) is 10.6 Å². The Morgan fingerprint density at radius 2 is 1.79 bits per heavy atom. The molecule has 1 aromatic carbocycles. The van der Waals surface area contributed by atoms with Gasteiger partial charge >= 0.3 is 6.03 Å². The van der Waals surface area contributed by atoms with Gasteiger partial charge in [-0.25, -0.2) is 17.9 Å². The van der Waals surface area contributed by atoms with Crippen LogP contribution in [0.15, 0.2) is 29.2 Å². The van der Waals surface area contributed by atoms with E-state index in [2.05, 4.69) is 5.73 Å². The average Bonchev–Trinajstić information content (AvgIpc) is 2.02. The van der Waals surface area contributed by atoms with Crippen molar-refractivity contribution >= 4 is 16.1 Å². The maximum atomic E-state index is 11.3. The zero-order valence-corrected chi connectivity index (χ0v) is 7.78. The van der Waals surface area contributed by atoms with Crippen LogP contribution in [-0.4, -0.2) is 19.6 Å². The molecule has 0 unspecified atom stereocenters. The average molecular weight is 216 g/mol. The molecule has 76 valence electrons. The Bertz CT molecular complexity index is 437. The number of benzene rings is 1. The Morgan fingerprint density at radius 3 is 2.21 bits per heavy atom. The third-order valence-electron chi connectivity index (χ3n) is 1.38. The van der Waals surface area contributed by atoms with E-state index in [9.17, 15) is 13.2 Å². The summed E-state index contributed by atoms with van der Waals surface area (Å²) in [7, 11) is -3.91. The van der Waals surface area contributed by atoms with E-state index in [4.69, 9.17) is 5.11 Å². The Hall–Kier alpha value is -1.76. The minimum absolute atomic E-state index is 0.0666. The number of urea groups is 1. The Morgan fingerprint density at radius 1 is 1.29 bits per heavy atom. The van der Waals surface area contributed by atoms with Gasteiger partial charge in [0.2, 0.25) is 0 Å². The van der Waals surface area contributed by atoms with Crippen molar-refractivity contribution in [2.24, 2.45) is 5.73 Å². The molecule has 0 aliphatic carbocycles. The number of primary amides is 1. The highest BCUT2D eigenvalue weighted by molar-refractivity contribution is 7.90. The van der Waals surface area contributed by atoms with E-state index in [0.717, 1.165) is 12.1 Å². The number of nitrogens with two attached hydrogens (primary N) is 1. The van der Waals surface area contributed by atoms with Gasteiger partial charge in [-0.05, 0) is 24.3 Å². The first kappa shape index (κ1) is 10.3. The van der Waals surface area contributed by atoms with Crippen molar-refractivity contribution in [3.05, 3.63) is 24.3 Å². The predicted molar refractivity (Wildman–Crippen MR) is 48.0 cm³/mol. The molecule has 1 aromatic rings. The van der Waals surface area contributed by atoms with Crippen molar-refractivity contribution in [2.45, 2.75) is 4.90 Å². The normalized spacial score (nSPS) is 10.9. The van der Waals surface area contributed by atoms with Crippen LogP contribution in [-0.2, 0) is 10.0 Å². The Balaban J connectivity index is 3.05. The van der Waals surface area contributed by atoms with Crippen molar-refractivity contribution in [1.82, 2.24) is 4.72 Å². The van der Waals surface area contributed by atoms with Gasteiger partial charge in [-0.2, -0.15) is 0 Å². The highest BCUT2D eigenvalue weighted by Crippen LogP contribution is 2.13. The maximum absolute atomic E-state index is 11.3. The van der Waals surface area contributed by atoms with Crippen LogP contribution in [0.4, 0.5) is 4.79 Å². The fourth-order valence-electron chi connectivity index (χ4n) is 0.817. The summed E-state index contributed by atoms with van der Waals surface area (Å²) in [5, 5.41) is 8.90. The fraction of sp³-hybridized carbons (Fsp3) is 0. The largest absolute Gasteiger partial charge is 0.508 e. The van der Waals surface area contributed by atoms with Gasteiger partial charge in [-0.3, -0.25) is 0 Å². The molecule has 4 N–H and O–H groups in total. The summed E-state index contributed by atoms with van der Waals surface area (Å²) < 4.78 is 24.1. The lowest BCUT2D eigenvalue weighted by molar-refractivity contribution is 0.253. The zero-order valence-electron chi connectivity index (χ0n) is 6.97. The Labute approximate surface area is 80.4 Å². The first-order valence-electron chi connectivity index (χ1n) is 3.53. The number of sulfonamides is 1. The lowest BCUT2D eigenvalue weighted by Crippen LogP contribution is -2.34. The molecular weight excluding hydrogens is 208 g/mol. The Kier molecular flexibility index (Phi) is 2.61. The molecular formula is C7H8N2O4S. The van der Waals surface area contributed by atoms with Crippen molar-refractivity contribution < 1.29 is 18.3 Å². The molecule has 0 aliphatic heterocycles. The van der Waals surface area contributed by atoms with Gasteiger partial charge < -0.3 is 10.8 Å². The van der Waals surface area contributed by atoms with Crippen LogP contribution in [0, 0.1) is 0 Å². The predicted octanol–water partition coefficient (Wildman–Crippen LogP) is -0.251. The second kappa shape index (κ2) is 3.54. The molecule has 2 amide bonds. The lowest BCUT2D eigenvalue weighted by atomic mass is 10.3. The highest BCUT2D eigenvalue weighted by Gasteiger charge is 2.14. The summed E-state index contributed by atoms with van der Waals surface area (Å²) in [5.74, 6) is -0.0666. The van der Waals surface area contributed by atoms with E-state index in [0.29, 0.717) is 0 Å². The van der Waals surface area contributed by atoms with E-state index < -0.39 is 16.1 Å². The number of carbonyl (C=O) groups is 1. The van der Waals surface area contributed by atoms with Crippen LogP contribution in [0.1, 0.15) is 0 Å². The number of phenols is 1. The van der Waals surface area contributed by atoms with Crippen LogP contribution in [0.2, 0.25) is 0 Å². The number of rotatable bonds is 2. The third-order valence-corrected chi connectivity index (χ3v) is 2.74. The van der Waals surface area contributed by atoms with Gasteiger partial charge in [0.15, 0.2) is 0 Å². The number of nitrogens with one attached hydrogen (secondary N) is 1. The number of aromatic hydroxyl groups is 1. The standard InChI is InChI=1S/C7H8N2O4S/c8-7(11)9-14(12,13)6-3-1-5(10)2-4-6/h1-4,10H,(H3,8,9,11). The molecule has 14 heavy (non-hydrogen) atoms. The molecule has 0 spiro atoms. The number of carbonyl (C=O) groups excluding carboxylic acids is 1. The summed E-state index contributed by atoms with van der Waals surface area (Å²) in [4.78, 5) is 10.2. The van der Waals surface area contributed by atoms with E-state index in [1.807, 2.05) is 0 Å². The minimum atomic E-state index is -3.91. The summed E-state index contributed by atoms with van der Waals surface area (Å²) in [6.07, 6.45) is 0. The van der Waals surface area contributed by atoms with Gasteiger partial charge in [-0.15, -0.1) is 0 Å². The molecule has 0 saturated heterocycles. The van der Waals surface area contributed by atoms with E-state index in [1.165, 1.54) is 12.1 Å². The molecule has 0 aliphatic rings. The molecule has 0 radical (unpaired) electrons. The van der Waals surface area contributed by atoms with Gasteiger partial charge in [0, 0.05) is 0 Å². The number of amides is 2. The topological polar surface area (TPSA) is 109 Å². The molecule has 0 aromatic heterocycles. The van der Waals surface area contributed by atoms with Crippen LogP contribution in [0.25, 0.3) is 0 Å². The van der Waals surface area contributed by atoms with Gasteiger partial charge in [0.25, 0.3) is 10.0 Å². The van der Waals surface area contributed by atoms with Crippen molar-refractivity contribution in [3.63, 3.8) is 0 Å². The van der Waals surface area contributed by atoms with Crippen molar-refractivity contribution in [1.29, 1.82) is 0 Å². The number of hydrogen-bond donors (Lipinski definition) is 3. The molecule has 0 bridgehead atoms. The minimum Gasteiger partial charge on any atom is -0.508 e. The molecule has 0 fully saturated rings. The third kappa shape index (κ3) is 2.36. The summed E-state index contributed by atoms with van der Waals surface area (Å²) >= 11 is 0. The van der Waals surface area contributed by atoms with Crippen LogP contribution < -0.4 is 10.5 Å². The van der Waals surface area contributed by atoms with Gasteiger partial charge in [0.05, 0.1) is 4.90 Å². The second-order valence-electron chi connectivity index (χ2n) is 2.46. The monoisotopic (exact) mass is 216 g/mol. The molecule has 0 heterocycles. The van der Waals surface area contributed by atoms with Gasteiger partial charge in [0.1, 0.15) is 5.75 Å². The van der Waals surface area contributed by atoms with Crippen molar-refractivity contribution in [2.75, 3.05) is 0 Å². The van der Waals surface area contributed by atoms with Gasteiger partial charge in [-0.1, -0.05) is 0 Å². The molecule has 0 atom stereocenters.